The first kappa shape index (κ1) is 11.6. The van der Waals surface area contributed by atoms with E-state index in [9.17, 15) is 10.2 Å². The van der Waals surface area contributed by atoms with Crippen LogP contribution in [0.1, 0.15) is 11.1 Å². The van der Waals surface area contributed by atoms with Gasteiger partial charge in [-0.15, -0.1) is 0 Å². The van der Waals surface area contributed by atoms with Crippen LogP contribution in [0.3, 0.4) is 0 Å². The molecule has 2 aliphatic carbocycles. The van der Waals surface area contributed by atoms with Crippen molar-refractivity contribution in [3.8, 4) is 17.0 Å². The summed E-state index contributed by atoms with van der Waals surface area (Å²) in [4.78, 5) is 4.65. The molecular formula is C16H10ClNO2. The van der Waals surface area contributed by atoms with E-state index in [-0.39, 0.29) is 5.75 Å². The molecule has 98 valence electrons. The van der Waals surface area contributed by atoms with E-state index in [2.05, 4.69) is 4.98 Å². The summed E-state index contributed by atoms with van der Waals surface area (Å²) in [5.41, 5.74) is 3.51. The number of fused-ring (bicyclic) bond motifs is 4. The van der Waals surface area contributed by atoms with Gasteiger partial charge in [0.1, 0.15) is 5.75 Å². The van der Waals surface area contributed by atoms with Crippen LogP contribution in [-0.2, 0) is 6.42 Å². The SMILES string of the molecule is OC1=CC=c2nc3c(cc2C1)=C(Cl)c1cc(O)ccc1-3. The molecule has 0 fully saturated rings. The molecule has 2 aromatic rings. The van der Waals surface area contributed by atoms with Crippen LogP contribution in [0.2, 0.25) is 0 Å². The van der Waals surface area contributed by atoms with Gasteiger partial charge >= 0.3 is 0 Å². The maximum atomic E-state index is 9.61. The summed E-state index contributed by atoms with van der Waals surface area (Å²) in [6.45, 7) is 0. The molecular weight excluding hydrogens is 274 g/mol. The van der Waals surface area contributed by atoms with E-state index in [0.29, 0.717) is 17.2 Å². The zero-order chi connectivity index (χ0) is 13.9. The quantitative estimate of drug-likeness (QED) is 0.777. The van der Waals surface area contributed by atoms with Gasteiger partial charge in [-0.05, 0) is 42.0 Å². The minimum Gasteiger partial charge on any atom is -0.512 e. The Bertz CT molecular complexity index is 913. The predicted octanol–water partition coefficient (Wildman–Crippen LogP) is 1.94. The number of phenols is 1. The fraction of sp³-hybridized carbons (Fsp3) is 0.0625. The molecule has 0 spiro atoms. The van der Waals surface area contributed by atoms with Gasteiger partial charge in [0.2, 0.25) is 0 Å². The Hall–Kier alpha value is -2.26. The Kier molecular flexibility index (Phi) is 2.24. The molecule has 2 N–H and O–H groups in total. The number of hydrogen-bond acceptors (Lipinski definition) is 3. The minimum atomic E-state index is 0.186. The van der Waals surface area contributed by atoms with Crippen LogP contribution < -0.4 is 10.6 Å². The van der Waals surface area contributed by atoms with Crippen LogP contribution in [0.15, 0.2) is 36.1 Å². The summed E-state index contributed by atoms with van der Waals surface area (Å²) >= 11 is 6.40. The Balaban J connectivity index is 2.08. The summed E-state index contributed by atoms with van der Waals surface area (Å²) < 4.78 is 0. The number of allylic oxidation sites excluding steroid dienone is 2. The molecule has 4 heteroatoms. The maximum Gasteiger partial charge on any atom is 0.116 e. The maximum absolute atomic E-state index is 9.61. The topological polar surface area (TPSA) is 53.4 Å². The van der Waals surface area contributed by atoms with E-state index in [1.165, 1.54) is 0 Å². The zero-order valence-electron chi connectivity index (χ0n) is 10.4. The Morgan fingerprint density at radius 1 is 1.05 bits per heavy atom. The molecule has 1 aromatic carbocycles. The molecule has 4 rings (SSSR count). The molecule has 0 saturated heterocycles. The number of aliphatic hydroxyl groups is 1. The highest BCUT2D eigenvalue weighted by atomic mass is 35.5. The van der Waals surface area contributed by atoms with Crippen LogP contribution >= 0.6 is 11.6 Å². The van der Waals surface area contributed by atoms with Crippen molar-refractivity contribution in [1.29, 1.82) is 0 Å². The summed E-state index contributed by atoms with van der Waals surface area (Å²) in [6.07, 6.45) is 3.94. The van der Waals surface area contributed by atoms with Crippen LogP contribution in [0.25, 0.3) is 22.4 Å². The number of nitrogens with zero attached hydrogens (tertiary/aromatic N) is 1. The molecule has 0 atom stereocenters. The van der Waals surface area contributed by atoms with Crippen molar-refractivity contribution in [3.63, 3.8) is 0 Å². The number of aliphatic hydroxyl groups excluding tert-OH is 1. The molecule has 0 radical (unpaired) electrons. The van der Waals surface area contributed by atoms with Crippen molar-refractivity contribution < 1.29 is 10.2 Å². The van der Waals surface area contributed by atoms with Gasteiger partial charge < -0.3 is 10.2 Å². The van der Waals surface area contributed by atoms with E-state index >= 15 is 0 Å². The van der Waals surface area contributed by atoms with Gasteiger partial charge in [0.15, 0.2) is 0 Å². The van der Waals surface area contributed by atoms with E-state index < -0.39 is 0 Å². The molecule has 1 heterocycles. The van der Waals surface area contributed by atoms with Gasteiger partial charge in [-0.3, -0.25) is 0 Å². The number of pyridine rings is 1. The Labute approximate surface area is 119 Å². The summed E-state index contributed by atoms with van der Waals surface area (Å²) in [7, 11) is 0. The first-order valence-electron chi connectivity index (χ1n) is 6.27. The molecule has 0 unspecified atom stereocenters. The first-order chi connectivity index (χ1) is 9.63. The average Bonchev–Trinajstić information content (AvgIpc) is 2.69. The number of aromatic hydroxyl groups is 1. The minimum absolute atomic E-state index is 0.186. The second-order valence-corrected chi connectivity index (χ2v) is 5.35. The lowest BCUT2D eigenvalue weighted by atomic mass is 10.0. The number of hydrogen-bond donors (Lipinski definition) is 2. The third-order valence-electron chi connectivity index (χ3n) is 3.67. The lowest BCUT2D eigenvalue weighted by Gasteiger charge is -2.08. The average molecular weight is 284 g/mol. The van der Waals surface area contributed by atoms with Gasteiger partial charge in [-0.2, -0.15) is 0 Å². The van der Waals surface area contributed by atoms with Crippen molar-refractivity contribution in [2.75, 3.05) is 0 Å². The molecule has 1 aromatic heterocycles. The lowest BCUT2D eigenvalue weighted by molar-refractivity contribution is 0.398. The van der Waals surface area contributed by atoms with Gasteiger partial charge in [0.25, 0.3) is 0 Å². The molecule has 0 bridgehead atoms. The van der Waals surface area contributed by atoms with E-state index in [4.69, 9.17) is 11.6 Å². The zero-order valence-corrected chi connectivity index (χ0v) is 11.1. The third-order valence-corrected chi connectivity index (χ3v) is 4.08. The highest BCUT2D eigenvalue weighted by Crippen LogP contribution is 2.34. The first-order valence-corrected chi connectivity index (χ1v) is 6.64. The molecule has 0 amide bonds. The van der Waals surface area contributed by atoms with Crippen molar-refractivity contribution >= 4 is 22.7 Å². The van der Waals surface area contributed by atoms with Crippen LogP contribution in [0, 0.1) is 0 Å². The lowest BCUT2D eigenvalue weighted by Crippen LogP contribution is -2.23. The van der Waals surface area contributed by atoms with E-state index in [1.54, 1.807) is 24.3 Å². The van der Waals surface area contributed by atoms with Crippen molar-refractivity contribution in [2.45, 2.75) is 6.42 Å². The van der Waals surface area contributed by atoms with Crippen molar-refractivity contribution in [3.05, 3.63) is 57.8 Å². The third kappa shape index (κ3) is 1.50. The van der Waals surface area contributed by atoms with Gasteiger partial charge in [-0.1, -0.05) is 11.6 Å². The van der Waals surface area contributed by atoms with Gasteiger partial charge in [0, 0.05) is 22.8 Å². The van der Waals surface area contributed by atoms with Crippen LogP contribution in [-0.4, -0.2) is 15.2 Å². The number of halogens is 1. The van der Waals surface area contributed by atoms with Crippen LogP contribution in [0.5, 0.6) is 5.75 Å². The molecule has 20 heavy (non-hydrogen) atoms. The van der Waals surface area contributed by atoms with Gasteiger partial charge in [-0.25, -0.2) is 4.98 Å². The molecule has 2 aliphatic rings. The van der Waals surface area contributed by atoms with Crippen molar-refractivity contribution in [1.82, 2.24) is 4.98 Å². The van der Waals surface area contributed by atoms with Gasteiger partial charge in [0.05, 0.1) is 21.8 Å². The molecule has 0 aliphatic heterocycles. The number of phenolic OH excluding ortho intramolecular Hbond substituents is 1. The molecule has 3 nitrogen and oxygen atoms in total. The number of aromatic nitrogens is 1. The number of rotatable bonds is 0. The number of benzene rings is 1. The highest BCUT2D eigenvalue weighted by molar-refractivity contribution is 6.50. The summed E-state index contributed by atoms with van der Waals surface area (Å²) in [6, 6.07) is 7.08. The van der Waals surface area contributed by atoms with E-state index in [0.717, 1.165) is 33.0 Å². The second-order valence-electron chi connectivity index (χ2n) is 4.97. The van der Waals surface area contributed by atoms with Crippen molar-refractivity contribution in [2.24, 2.45) is 0 Å². The monoisotopic (exact) mass is 283 g/mol. The van der Waals surface area contributed by atoms with Crippen LogP contribution in [0.4, 0.5) is 0 Å². The largest absolute Gasteiger partial charge is 0.512 e. The fourth-order valence-corrected chi connectivity index (χ4v) is 3.02. The van der Waals surface area contributed by atoms with E-state index in [1.807, 2.05) is 12.1 Å². The summed E-state index contributed by atoms with van der Waals surface area (Å²) in [5.74, 6) is 0.508. The highest BCUT2D eigenvalue weighted by Gasteiger charge is 2.21. The second kappa shape index (κ2) is 3.87. The normalized spacial score (nSPS) is 15.1. The fourth-order valence-electron chi connectivity index (χ4n) is 2.72. The summed E-state index contributed by atoms with van der Waals surface area (Å²) in [5, 5.41) is 21.5. The Morgan fingerprint density at radius 3 is 2.75 bits per heavy atom. The Morgan fingerprint density at radius 2 is 1.90 bits per heavy atom. The predicted molar refractivity (Wildman–Crippen MR) is 77.8 cm³/mol. The standard InChI is InChI=1S/C16H10ClNO2/c17-15-12-7-10(20)1-3-11(12)16-13(15)6-8-5-9(19)2-4-14(8)18-16/h1-4,6-7,19-20H,5H2. The molecule has 0 saturated carbocycles. The smallest absolute Gasteiger partial charge is 0.116 e.